The molecule has 74 valence electrons. The molecule has 0 fully saturated rings. The first-order valence-electron chi connectivity index (χ1n) is 5.04. The van der Waals surface area contributed by atoms with Crippen LogP contribution in [0.4, 0.5) is 0 Å². The fourth-order valence-corrected chi connectivity index (χ4v) is 1.58. The second-order valence-electron chi connectivity index (χ2n) is 3.98. The van der Waals surface area contributed by atoms with Gasteiger partial charge in [0.25, 0.3) is 0 Å². The summed E-state index contributed by atoms with van der Waals surface area (Å²) in [4.78, 5) is 0. The molecule has 0 radical (unpaired) electrons. The van der Waals surface area contributed by atoms with Crippen LogP contribution in [0.3, 0.4) is 0 Å². The number of hydrogen-bond donors (Lipinski definition) is 0. The predicted octanol–water partition coefficient (Wildman–Crippen LogP) is 2.48. The lowest BCUT2D eigenvalue weighted by Gasteiger charge is -2.05. The van der Waals surface area contributed by atoms with Gasteiger partial charge in [-0.3, -0.25) is 0 Å². The van der Waals surface area contributed by atoms with Crippen molar-refractivity contribution >= 4 is 12.2 Å². The van der Waals surface area contributed by atoms with E-state index in [0.717, 1.165) is 11.6 Å². The van der Waals surface area contributed by atoms with Crippen molar-refractivity contribution in [1.29, 1.82) is 0 Å². The minimum atomic E-state index is 0.655. The van der Waals surface area contributed by atoms with Crippen LogP contribution in [-0.4, -0.2) is 0 Å². The Labute approximate surface area is 86.3 Å². The van der Waals surface area contributed by atoms with Crippen LogP contribution in [0.1, 0.15) is 20.3 Å². The van der Waals surface area contributed by atoms with Crippen LogP contribution in [0.5, 0.6) is 0 Å². The number of hydrogen-bond acceptors (Lipinski definition) is 0. The Balaban J connectivity index is 3.31. The summed E-state index contributed by atoms with van der Waals surface area (Å²) in [6, 6.07) is 8.22. The highest BCUT2D eigenvalue weighted by Gasteiger charge is 1.98. The molecule has 0 nitrogen and oxygen atoms in total. The van der Waals surface area contributed by atoms with E-state index in [1.807, 2.05) is 24.3 Å². The Morgan fingerprint density at radius 3 is 2.50 bits per heavy atom. The average molecular weight is 186 g/mol. The van der Waals surface area contributed by atoms with Crippen molar-refractivity contribution in [2.45, 2.75) is 20.3 Å². The monoisotopic (exact) mass is 186 g/mol. The van der Waals surface area contributed by atoms with Gasteiger partial charge in [0.15, 0.2) is 0 Å². The van der Waals surface area contributed by atoms with Crippen LogP contribution in [0.2, 0.25) is 0 Å². The van der Waals surface area contributed by atoms with E-state index in [0.29, 0.717) is 5.92 Å². The molecular formula is C14H18. The summed E-state index contributed by atoms with van der Waals surface area (Å²) in [5, 5.41) is 2.32. The summed E-state index contributed by atoms with van der Waals surface area (Å²) >= 11 is 0. The molecule has 1 aromatic carbocycles. The lowest BCUT2D eigenvalue weighted by atomic mass is 10.00. The summed E-state index contributed by atoms with van der Waals surface area (Å²) in [5.41, 5.74) is 1.30. The first-order valence-corrected chi connectivity index (χ1v) is 5.04. The minimum absolute atomic E-state index is 0.655. The van der Waals surface area contributed by atoms with Crippen LogP contribution in [0.15, 0.2) is 36.9 Å². The SMILES string of the molecule is C=C/C(CC(C)C)=c1/ccccc1=C. The normalized spacial score (nSPS) is 12.8. The summed E-state index contributed by atoms with van der Waals surface area (Å²) < 4.78 is 0. The Hall–Kier alpha value is -1.30. The first kappa shape index (κ1) is 10.8. The molecule has 0 aliphatic rings. The Morgan fingerprint density at radius 1 is 1.36 bits per heavy atom. The van der Waals surface area contributed by atoms with E-state index in [1.165, 1.54) is 10.8 Å². The zero-order valence-corrected chi connectivity index (χ0v) is 9.09. The number of allylic oxidation sites excluding steroid dienone is 1. The molecule has 0 heteroatoms. The zero-order chi connectivity index (χ0) is 10.6. The van der Waals surface area contributed by atoms with Gasteiger partial charge in [-0.1, -0.05) is 57.3 Å². The maximum Gasteiger partial charge on any atom is -0.0158 e. The molecule has 0 saturated carbocycles. The summed E-state index contributed by atoms with van der Waals surface area (Å²) in [7, 11) is 0. The van der Waals surface area contributed by atoms with Gasteiger partial charge in [-0.2, -0.15) is 0 Å². The molecule has 0 aromatic heterocycles. The lowest BCUT2D eigenvalue weighted by Crippen LogP contribution is -2.24. The van der Waals surface area contributed by atoms with Crippen molar-refractivity contribution in [3.63, 3.8) is 0 Å². The van der Waals surface area contributed by atoms with E-state index in [-0.39, 0.29) is 0 Å². The second-order valence-corrected chi connectivity index (χ2v) is 3.98. The van der Waals surface area contributed by atoms with Gasteiger partial charge in [0.05, 0.1) is 0 Å². The standard InChI is InChI=1S/C14H18/c1-5-13(10-11(2)3)14-9-7-6-8-12(14)4/h5-9,11H,1,4,10H2,2-3H3/b14-13+. The van der Waals surface area contributed by atoms with Crippen molar-refractivity contribution in [2.75, 3.05) is 0 Å². The van der Waals surface area contributed by atoms with Gasteiger partial charge in [-0.05, 0) is 28.3 Å². The van der Waals surface area contributed by atoms with Gasteiger partial charge < -0.3 is 0 Å². The molecule has 1 rings (SSSR count). The molecule has 0 spiro atoms. The molecule has 14 heavy (non-hydrogen) atoms. The molecule has 0 aliphatic carbocycles. The topological polar surface area (TPSA) is 0 Å². The smallest absolute Gasteiger partial charge is 0.0158 e. The first-order chi connectivity index (χ1) is 6.65. The van der Waals surface area contributed by atoms with E-state index in [4.69, 9.17) is 0 Å². The van der Waals surface area contributed by atoms with Gasteiger partial charge >= 0.3 is 0 Å². The van der Waals surface area contributed by atoms with Gasteiger partial charge in [0.2, 0.25) is 0 Å². The summed E-state index contributed by atoms with van der Waals surface area (Å²) in [5.74, 6) is 0.655. The molecule has 0 atom stereocenters. The number of rotatable bonds is 3. The molecule has 1 aromatic rings. The second kappa shape index (κ2) is 4.80. The van der Waals surface area contributed by atoms with Crippen molar-refractivity contribution in [2.24, 2.45) is 5.92 Å². The summed E-state index contributed by atoms with van der Waals surface area (Å²) in [6.07, 6.45) is 3.01. The van der Waals surface area contributed by atoms with Gasteiger partial charge in [0, 0.05) is 0 Å². The maximum atomic E-state index is 4.03. The van der Waals surface area contributed by atoms with E-state index in [1.54, 1.807) is 0 Å². The van der Waals surface area contributed by atoms with Gasteiger partial charge in [0.1, 0.15) is 0 Å². The van der Waals surface area contributed by atoms with Crippen molar-refractivity contribution in [3.8, 4) is 0 Å². The van der Waals surface area contributed by atoms with E-state index < -0.39 is 0 Å². The van der Waals surface area contributed by atoms with Crippen molar-refractivity contribution in [1.82, 2.24) is 0 Å². The van der Waals surface area contributed by atoms with Crippen molar-refractivity contribution in [3.05, 3.63) is 47.4 Å². The molecule has 0 aliphatic heterocycles. The quantitative estimate of drug-likeness (QED) is 0.680. The fourth-order valence-electron chi connectivity index (χ4n) is 1.58. The predicted molar refractivity (Wildman–Crippen MR) is 64.3 cm³/mol. The Morgan fingerprint density at radius 2 is 2.00 bits per heavy atom. The molecule has 0 saturated heterocycles. The molecule has 0 amide bonds. The van der Waals surface area contributed by atoms with Crippen LogP contribution in [0, 0.1) is 5.92 Å². The van der Waals surface area contributed by atoms with Gasteiger partial charge in [-0.25, -0.2) is 0 Å². The Bertz CT molecular complexity index is 410. The summed E-state index contributed by atoms with van der Waals surface area (Å²) in [6.45, 7) is 12.3. The molecule has 0 heterocycles. The molecular weight excluding hydrogens is 168 g/mol. The van der Waals surface area contributed by atoms with E-state index >= 15 is 0 Å². The van der Waals surface area contributed by atoms with Crippen LogP contribution in [0.25, 0.3) is 12.2 Å². The highest BCUT2D eigenvalue weighted by molar-refractivity contribution is 5.55. The highest BCUT2D eigenvalue weighted by atomic mass is 14.0. The number of benzene rings is 1. The Kier molecular flexibility index (Phi) is 3.70. The van der Waals surface area contributed by atoms with Crippen LogP contribution >= 0.6 is 0 Å². The average Bonchev–Trinajstić information content (AvgIpc) is 2.15. The third-order valence-corrected chi connectivity index (χ3v) is 2.24. The van der Waals surface area contributed by atoms with Crippen molar-refractivity contribution < 1.29 is 0 Å². The molecule has 0 N–H and O–H groups in total. The van der Waals surface area contributed by atoms with Gasteiger partial charge in [-0.15, -0.1) is 0 Å². The zero-order valence-electron chi connectivity index (χ0n) is 9.09. The maximum absolute atomic E-state index is 4.03. The molecule has 0 bridgehead atoms. The third-order valence-electron chi connectivity index (χ3n) is 2.24. The highest BCUT2D eigenvalue weighted by Crippen LogP contribution is 2.10. The fraction of sp³-hybridized carbons (Fsp3) is 0.286. The largest absolute Gasteiger partial charge is 0.0988 e. The van der Waals surface area contributed by atoms with E-state index in [9.17, 15) is 0 Å². The van der Waals surface area contributed by atoms with E-state index in [2.05, 4.69) is 33.1 Å². The third kappa shape index (κ3) is 2.59. The van der Waals surface area contributed by atoms with Crippen LogP contribution in [-0.2, 0) is 0 Å². The van der Waals surface area contributed by atoms with Crippen LogP contribution < -0.4 is 10.4 Å². The minimum Gasteiger partial charge on any atom is -0.0988 e. The molecule has 0 unspecified atom stereocenters. The lowest BCUT2D eigenvalue weighted by molar-refractivity contribution is 0.673.